The zero-order valence-electron chi connectivity index (χ0n) is 9.81. The summed E-state index contributed by atoms with van der Waals surface area (Å²) in [4.78, 5) is 0. The Bertz CT molecular complexity index is 496. The molecule has 0 fully saturated rings. The van der Waals surface area contributed by atoms with Crippen LogP contribution in [0.3, 0.4) is 0 Å². The van der Waals surface area contributed by atoms with Gasteiger partial charge in [-0.1, -0.05) is 0 Å². The number of halogens is 2. The van der Waals surface area contributed by atoms with E-state index in [-0.39, 0.29) is 5.75 Å². The average Bonchev–Trinajstić information content (AvgIpc) is 2.74. The molecule has 1 aromatic carbocycles. The van der Waals surface area contributed by atoms with Crippen LogP contribution in [-0.4, -0.2) is 16.4 Å². The highest BCUT2D eigenvalue weighted by Crippen LogP contribution is 2.18. The number of benzene rings is 1. The molecule has 1 heterocycles. The Morgan fingerprint density at radius 2 is 2.06 bits per heavy atom. The highest BCUT2D eigenvalue weighted by Gasteiger charge is 2.03. The predicted octanol–water partition coefficient (Wildman–Crippen LogP) is 2.63. The van der Waals surface area contributed by atoms with Gasteiger partial charge in [0, 0.05) is 31.0 Å². The number of nitrogens with one attached hydrogen (secondary N) is 1. The van der Waals surface area contributed by atoms with Crippen LogP contribution in [0.1, 0.15) is 5.56 Å². The van der Waals surface area contributed by atoms with Crippen molar-refractivity contribution in [3.8, 4) is 5.75 Å². The Morgan fingerprint density at radius 1 is 1.33 bits per heavy atom. The fourth-order valence-electron chi connectivity index (χ4n) is 1.52. The summed E-state index contributed by atoms with van der Waals surface area (Å²) in [5, 5.41) is 7.21. The zero-order chi connectivity index (χ0) is 13.0. The van der Waals surface area contributed by atoms with Gasteiger partial charge < -0.3 is 10.1 Å². The summed E-state index contributed by atoms with van der Waals surface area (Å²) < 4.78 is 29.9. The lowest BCUT2D eigenvalue weighted by molar-refractivity contribution is -0.0498. The molecule has 0 aliphatic carbocycles. The summed E-state index contributed by atoms with van der Waals surface area (Å²) in [5.74, 6) is 0.150. The van der Waals surface area contributed by atoms with Crippen molar-refractivity contribution >= 4 is 5.69 Å². The van der Waals surface area contributed by atoms with Crippen LogP contribution in [0.25, 0.3) is 0 Å². The first-order valence-corrected chi connectivity index (χ1v) is 5.40. The lowest BCUT2D eigenvalue weighted by Crippen LogP contribution is -2.02. The second-order valence-corrected chi connectivity index (χ2v) is 3.78. The van der Waals surface area contributed by atoms with Crippen LogP contribution >= 0.6 is 0 Å². The van der Waals surface area contributed by atoms with E-state index in [9.17, 15) is 8.78 Å². The molecule has 18 heavy (non-hydrogen) atoms. The highest BCUT2D eigenvalue weighted by molar-refractivity contribution is 5.46. The van der Waals surface area contributed by atoms with Crippen molar-refractivity contribution in [3.63, 3.8) is 0 Å². The van der Waals surface area contributed by atoms with Gasteiger partial charge in [0.15, 0.2) is 0 Å². The number of nitrogens with zero attached hydrogens (tertiary/aromatic N) is 2. The molecule has 0 bridgehead atoms. The second kappa shape index (κ2) is 5.48. The number of rotatable bonds is 5. The summed E-state index contributed by atoms with van der Waals surface area (Å²) in [7, 11) is 1.85. The lowest BCUT2D eigenvalue weighted by atomic mass is 10.3. The molecular formula is C12H13F2N3O. The maximum atomic E-state index is 11.9. The van der Waals surface area contributed by atoms with Gasteiger partial charge in [0.2, 0.25) is 0 Å². The summed E-state index contributed by atoms with van der Waals surface area (Å²) in [6.45, 7) is -2.16. The first-order valence-electron chi connectivity index (χ1n) is 5.40. The molecule has 0 atom stereocenters. The number of hydrogen-bond donors (Lipinski definition) is 1. The molecule has 2 aromatic rings. The maximum Gasteiger partial charge on any atom is 0.387 e. The predicted molar refractivity (Wildman–Crippen MR) is 63.6 cm³/mol. The quantitative estimate of drug-likeness (QED) is 0.890. The van der Waals surface area contributed by atoms with Crippen LogP contribution in [0.5, 0.6) is 5.75 Å². The van der Waals surface area contributed by atoms with Crippen molar-refractivity contribution in [2.75, 3.05) is 5.32 Å². The van der Waals surface area contributed by atoms with Gasteiger partial charge in [-0.25, -0.2) is 0 Å². The molecule has 0 saturated carbocycles. The molecule has 0 saturated heterocycles. The van der Waals surface area contributed by atoms with Gasteiger partial charge in [-0.05, 0) is 24.3 Å². The van der Waals surface area contributed by atoms with E-state index in [2.05, 4.69) is 15.2 Å². The largest absolute Gasteiger partial charge is 0.435 e. The summed E-state index contributed by atoms with van der Waals surface area (Å²) in [6.07, 6.45) is 3.67. The van der Waals surface area contributed by atoms with Gasteiger partial charge in [0.05, 0.1) is 6.20 Å². The van der Waals surface area contributed by atoms with Crippen molar-refractivity contribution < 1.29 is 13.5 Å². The third-order valence-electron chi connectivity index (χ3n) is 2.33. The summed E-state index contributed by atoms with van der Waals surface area (Å²) >= 11 is 0. The fourth-order valence-corrected chi connectivity index (χ4v) is 1.52. The first kappa shape index (κ1) is 12.3. The number of aromatic nitrogens is 2. The Morgan fingerprint density at radius 3 is 2.61 bits per heavy atom. The molecule has 0 radical (unpaired) electrons. The Kier molecular flexibility index (Phi) is 3.76. The lowest BCUT2D eigenvalue weighted by Gasteiger charge is -2.07. The number of anilines is 1. The number of aryl methyl sites for hydroxylation is 1. The maximum absolute atomic E-state index is 11.9. The van der Waals surface area contributed by atoms with Crippen LogP contribution in [0.15, 0.2) is 36.7 Å². The molecule has 0 amide bonds. The minimum Gasteiger partial charge on any atom is -0.435 e. The van der Waals surface area contributed by atoms with Gasteiger partial charge in [-0.15, -0.1) is 0 Å². The van der Waals surface area contributed by atoms with Gasteiger partial charge in [-0.3, -0.25) is 4.68 Å². The molecule has 4 nitrogen and oxygen atoms in total. The average molecular weight is 253 g/mol. The molecule has 0 unspecified atom stereocenters. The SMILES string of the molecule is Cn1cc(CNc2ccc(OC(F)F)cc2)cn1. The highest BCUT2D eigenvalue weighted by atomic mass is 19.3. The summed E-state index contributed by atoms with van der Waals surface area (Å²) in [5.41, 5.74) is 1.88. The number of hydrogen-bond acceptors (Lipinski definition) is 3. The fraction of sp³-hybridized carbons (Fsp3) is 0.250. The van der Waals surface area contributed by atoms with Crippen molar-refractivity contribution in [1.29, 1.82) is 0 Å². The van der Waals surface area contributed by atoms with E-state index >= 15 is 0 Å². The number of alkyl halides is 2. The van der Waals surface area contributed by atoms with Crippen LogP contribution in [0.4, 0.5) is 14.5 Å². The van der Waals surface area contributed by atoms with Gasteiger partial charge in [-0.2, -0.15) is 13.9 Å². The Balaban J connectivity index is 1.90. The van der Waals surface area contributed by atoms with E-state index in [1.807, 2.05) is 13.2 Å². The van der Waals surface area contributed by atoms with Crippen molar-refractivity contribution in [2.45, 2.75) is 13.2 Å². The molecule has 1 N–H and O–H groups in total. The normalized spacial score (nSPS) is 10.7. The standard InChI is InChI=1S/C12H13F2N3O/c1-17-8-9(7-16-17)6-15-10-2-4-11(5-3-10)18-12(13)14/h2-5,7-8,12,15H,6H2,1H3. The van der Waals surface area contributed by atoms with E-state index in [1.165, 1.54) is 12.1 Å². The minimum atomic E-state index is -2.79. The number of ether oxygens (including phenoxy) is 1. The third-order valence-corrected chi connectivity index (χ3v) is 2.33. The van der Waals surface area contributed by atoms with Gasteiger partial charge >= 0.3 is 6.61 Å². The van der Waals surface area contributed by atoms with E-state index in [0.717, 1.165) is 11.3 Å². The van der Waals surface area contributed by atoms with Crippen LogP contribution < -0.4 is 10.1 Å². The molecule has 96 valence electrons. The molecular weight excluding hydrogens is 240 g/mol. The Labute approximate surface area is 103 Å². The van der Waals surface area contributed by atoms with Crippen LogP contribution in [-0.2, 0) is 13.6 Å². The van der Waals surface area contributed by atoms with Crippen LogP contribution in [0.2, 0.25) is 0 Å². The molecule has 6 heteroatoms. The molecule has 2 rings (SSSR count). The second-order valence-electron chi connectivity index (χ2n) is 3.78. The van der Waals surface area contributed by atoms with Crippen LogP contribution in [0, 0.1) is 0 Å². The van der Waals surface area contributed by atoms with E-state index in [0.29, 0.717) is 6.54 Å². The molecule has 0 aliphatic rings. The smallest absolute Gasteiger partial charge is 0.387 e. The molecule has 0 spiro atoms. The summed E-state index contributed by atoms with van der Waals surface area (Å²) in [6, 6.07) is 6.37. The van der Waals surface area contributed by atoms with E-state index in [4.69, 9.17) is 0 Å². The van der Waals surface area contributed by atoms with Crippen molar-refractivity contribution in [1.82, 2.24) is 9.78 Å². The third kappa shape index (κ3) is 3.44. The minimum absolute atomic E-state index is 0.150. The van der Waals surface area contributed by atoms with E-state index in [1.54, 1.807) is 23.0 Å². The monoisotopic (exact) mass is 253 g/mol. The molecule has 1 aromatic heterocycles. The first-order chi connectivity index (χ1) is 8.63. The molecule has 0 aliphatic heterocycles. The zero-order valence-corrected chi connectivity index (χ0v) is 9.81. The van der Waals surface area contributed by atoms with E-state index < -0.39 is 6.61 Å². The van der Waals surface area contributed by atoms with Gasteiger partial charge in [0.25, 0.3) is 0 Å². The topological polar surface area (TPSA) is 39.1 Å². The van der Waals surface area contributed by atoms with Crippen molar-refractivity contribution in [2.24, 2.45) is 7.05 Å². The Hall–Kier alpha value is -2.11. The van der Waals surface area contributed by atoms with Crippen molar-refractivity contribution in [3.05, 3.63) is 42.2 Å². The van der Waals surface area contributed by atoms with Gasteiger partial charge in [0.1, 0.15) is 5.75 Å².